The van der Waals surface area contributed by atoms with Crippen molar-refractivity contribution in [1.82, 2.24) is 15.5 Å². The summed E-state index contributed by atoms with van der Waals surface area (Å²) in [5.41, 5.74) is 2.19. The fourth-order valence-corrected chi connectivity index (χ4v) is 2.86. The monoisotopic (exact) mass is 317 g/mol. The molecule has 0 unspecified atom stereocenters. The third kappa shape index (κ3) is 4.47. The van der Waals surface area contributed by atoms with Crippen molar-refractivity contribution in [2.45, 2.75) is 40.2 Å². The van der Waals surface area contributed by atoms with Gasteiger partial charge in [0, 0.05) is 26.1 Å². The second-order valence-electron chi connectivity index (χ2n) is 7.19. The molecule has 1 aliphatic rings. The van der Waals surface area contributed by atoms with Crippen LogP contribution in [0.4, 0.5) is 4.79 Å². The Morgan fingerprint density at radius 2 is 1.96 bits per heavy atom. The minimum Gasteiger partial charge on any atom is -0.354 e. The summed E-state index contributed by atoms with van der Waals surface area (Å²) in [5, 5.41) is 5.97. The third-order valence-electron chi connectivity index (χ3n) is 4.23. The number of amides is 3. The van der Waals surface area contributed by atoms with Crippen LogP contribution in [0.2, 0.25) is 0 Å². The van der Waals surface area contributed by atoms with E-state index in [0.717, 1.165) is 5.56 Å². The maximum absolute atomic E-state index is 12.7. The Morgan fingerprint density at radius 1 is 1.26 bits per heavy atom. The molecule has 1 aromatic rings. The van der Waals surface area contributed by atoms with E-state index in [1.165, 1.54) is 5.56 Å². The zero-order valence-electron chi connectivity index (χ0n) is 14.5. The van der Waals surface area contributed by atoms with Gasteiger partial charge in [-0.1, -0.05) is 45.0 Å². The average molecular weight is 317 g/mol. The largest absolute Gasteiger partial charge is 0.354 e. The van der Waals surface area contributed by atoms with Crippen molar-refractivity contribution in [3.05, 3.63) is 35.4 Å². The minimum atomic E-state index is -0.109. The number of benzene rings is 1. The molecular weight excluding hydrogens is 290 g/mol. The molecule has 2 N–H and O–H groups in total. The molecule has 126 valence electrons. The van der Waals surface area contributed by atoms with Gasteiger partial charge < -0.3 is 15.5 Å². The number of carbonyl (C=O) groups is 2. The molecule has 1 heterocycles. The average Bonchev–Trinajstić information content (AvgIpc) is 2.69. The molecule has 5 nitrogen and oxygen atoms in total. The molecule has 23 heavy (non-hydrogen) atoms. The van der Waals surface area contributed by atoms with E-state index in [-0.39, 0.29) is 23.4 Å². The maximum Gasteiger partial charge on any atom is 0.317 e. The number of aryl methyl sites for hydroxylation is 1. The molecule has 5 heteroatoms. The molecule has 2 rings (SSSR count). The molecule has 1 atom stereocenters. The lowest BCUT2D eigenvalue weighted by molar-refractivity contribution is -0.120. The molecule has 0 bridgehead atoms. The van der Waals surface area contributed by atoms with Crippen LogP contribution in [0.25, 0.3) is 0 Å². The molecule has 1 fully saturated rings. The highest BCUT2D eigenvalue weighted by Crippen LogP contribution is 2.34. The molecule has 0 aromatic heterocycles. The van der Waals surface area contributed by atoms with Crippen LogP contribution in [0.3, 0.4) is 0 Å². The van der Waals surface area contributed by atoms with Gasteiger partial charge in [0.1, 0.15) is 0 Å². The number of nitrogens with one attached hydrogen (secondary N) is 2. The number of hydrogen-bond donors (Lipinski definition) is 2. The summed E-state index contributed by atoms with van der Waals surface area (Å²) < 4.78 is 0. The molecule has 1 saturated heterocycles. The van der Waals surface area contributed by atoms with Gasteiger partial charge in [-0.05, 0) is 23.5 Å². The van der Waals surface area contributed by atoms with Crippen LogP contribution >= 0.6 is 0 Å². The van der Waals surface area contributed by atoms with Gasteiger partial charge in [0.25, 0.3) is 0 Å². The molecule has 3 amide bonds. The number of hydrogen-bond acceptors (Lipinski definition) is 2. The molecule has 1 aliphatic heterocycles. The highest BCUT2D eigenvalue weighted by Gasteiger charge is 2.30. The Kier molecular flexibility index (Phi) is 5.29. The molecule has 0 spiro atoms. The predicted molar refractivity (Wildman–Crippen MR) is 91.1 cm³/mol. The van der Waals surface area contributed by atoms with Crippen LogP contribution in [-0.2, 0) is 4.79 Å². The van der Waals surface area contributed by atoms with E-state index in [9.17, 15) is 9.59 Å². The van der Waals surface area contributed by atoms with E-state index in [1.54, 1.807) is 4.90 Å². The minimum absolute atomic E-state index is 0.00609. The van der Waals surface area contributed by atoms with Crippen molar-refractivity contribution in [2.24, 2.45) is 5.41 Å². The lowest BCUT2D eigenvalue weighted by Gasteiger charge is -2.34. The van der Waals surface area contributed by atoms with Gasteiger partial charge in [-0.3, -0.25) is 4.79 Å². The normalized spacial score (nSPS) is 17.2. The molecule has 0 saturated carbocycles. The van der Waals surface area contributed by atoms with Gasteiger partial charge in [-0.15, -0.1) is 0 Å². The van der Waals surface area contributed by atoms with E-state index in [1.807, 2.05) is 12.1 Å². The topological polar surface area (TPSA) is 61.4 Å². The van der Waals surface area contributed by atoms with Crippen LogP contribution in [0.1, 0.15) is 44.4 Å². The Labute approximate surface area is 138 Å². The van der Waals surface area contributed by atoms with E-state index >= 15 is 0 Å². The summed E-state index contributed by atoms with van der Waals surface area (Å²) in [6, 6.07) is 7.95. The predicted octanol–water partition coefficient (Wildman–Crippen LogP) is 2.61. The standard InChI is InChI=1S/C18H27N3O2/c1-13-7-5-6-8-14(13)16(18(2,3)4)20-17(23)21-11-9-15(22)19-10-12-21/h5-8,16H,9-12H2,1-4H3,(H,19,22)(H,20,23)/t16-/m1/s1. The number of rotatable bonds is 2. The Bertz CT molecular complexity index is 578. The Hall–Kier alpha value is -2.04. The molecular formula is C18H27N3O2. The zero-order chi connectivity index (χ0) is 17.0. The summed E-state index contributed by atoms with van der Waals surface area (Å²) in [4.78, 5) is 25.8. The van der Waals surface area contributed by atoms with Gasteiger partial charge in [0.05, 0.1) is 6.04 Å². The van der Waals surface area contributed by atoms with Crippen molar-refractivity contribution in [3.63, 3.8) is 0 Å². The highest BCUT2D eigenvalue weighted by atomic mass is 16.2. The third-order valence-corrected chi connectivity index (χ3v) is 4.23. The van der Waals surface area contributed by atoms with Crippen LogP contribution in [0.5, 0.6) is 0 Å². The first-order chi connectivity index (χ1) is 10.8. The summed E-state index contributed by atoms with van der Waals surface area (Å²) in [7, 11) is 0. The van der Waals surface area contributed by atoms with Crippen molar-refractivity contribution in [2.75, 3.05) is 19.6 Å². The van der Waals surface area contributed by atoms with Crippen LogP contribution in [-0.4, -0.2) is 36.5 Å². The van der Waals surface area contributed by atoms with Crippen LogP contribution in [0, 0.1) is 12.3 Å². The van der Waals surface area contributed by atoms with Crippen molar-refractivity contribution < 1.29 is 9.59 Å². The first-order valence-electron chi connectivity index (χ1n) is 8.16. The number of urea groups is 1. The van der Waals surface area contributed by atoms with E-state index in [4.69, 9.17) is 0 Å². The molecule has 0 radical (unpaired) electrons. The number of carbonyl (C=O) groups excluding carboxylic acids is 2. The highest BCUT2D eigenvalue weighted by molar-refractivity contribution is 5.79. The zero-order valence-corrected chi connectivity index (χ0v) is 14.5. The fraction of sp³-hybridized carbons (Fsp3) is 0.556. The summed E-state index contributed by atoms with van der Waals surface area (Å²) in [6.45, 7) is 9.95. The van der Waals surface area contributed by atoms with Crippen molar-refractivity contribution >= 4 is 11.9 Å². The Balaban J connectivity index is 2.17. The molecule has 0 aliphatic carbocycles. The van der Waals surface area contributed by atoms with E-state index in [2.05, 4.69) is 50.5 Å². The van der Waals surface area contributed by atoms with Gasteiger partial charge in [-0.25, -0.2) is 4.79 Å². The van der Waals surface area contributed by atoms with Gasteiger partial charge in [-0.2, -0.15) is 0 Å². The first kappa shape index (κ1) is 17.3. The quantitative estimate of drug-likeness (QED) is 0.881. The number of nitrogens with zero attached hydrogens (tertiary/aromatic N) is 1. The van der Waals surface area contributed by atoms with Crippen LogP contribution < -0.4 is 10.6 Å². The smallest absolute Gasteiger partial charge is 0.317 e. The first-order valence-corrected chi connectivity index (χ1v) is 8.16. The summed E-state index contributed by atoms with van der Waals surface area (Å²) in [5.74, 6) is 0.00609. The lowest BCUT2D eigenvalue weighted by atomic mass is 9.81. The van der Waals surface area contributed by atoms with Gasteiger partial charge in [0.2, 0.25) is 5.91 Å². The van der Waals surface area contributed by atoms with Crippen molar-refractivity contribution in [1.29, 1.82) is 0 Å². The van der Waals surface area contributed by atoms with Crippen LogP contribution in [0.15, 0.2) is 24.3 Å². The van der Waals surface area contributed by atoms with E-state index < -0.39 is 0 Å². The van der Waals surface area contributed by atoms with Crippen molar-refractivity contribution in [3.8, 4) is 0 Å². The van der Waals surface area contributed by atoms with Gasteiger partial charge >= 0.3 is 6.03 Å². The van der Waals surface area contributed by atoms with Gasteiger partial charge in [0.15, 0.2) is 0 Å². The van der Waals surface area contributed by atoms with E-state index in [0.29, 0.717) is 26.1 Å². The lowest BCUT2D eigenvalue weighted by Crippen LogP contribution is -2.46. The summed E-state index contributed by atoms with van der Waals surface area (Å²) >= 11 is 0. The second-order valence-corrected chi connectivity index (χ2v) is 7.19. The summed E-state index contributed by atoms with van der Waals surface area (Å²) in [6.07, 6.45) is 0.359. The SMILES string of the molecule is Cc1ccccc1[C@@H](NC(=O)N1CCNC(=O)CC1)C(C)(C)C. The molecule has 1 aromatic carbocycles. The fourth-order valence-electron chi connectivity index (χ4n) is 2.86. The maximum atomic E-state index is 12.7. The second kappa shape index (κ2) is 7.02. The Morgan fingerprint density at radius 3 is 2.61 bits per heavy atom.